The van der Waals surface area contributed by atoms with Crippen LogP contribution in [0.25, 0.3) is 0 Å². The molecule has 2 aromatic rings. The summed E-state index contributed by atoms with van der Waals surface area (Å²) >= 11 is 6.05. The van der Waals surface area contributed by atoms with Crippen LogP contribution >= 0.6 is 35.6 Å². The van der Waals surface area contributed by atoms with Crippen LogP contribution in [0.1, 0.15) is 11.1 Å². The van der Waals surface area contributed by atoms with Gasteiger partial charge in [-0.3, -0.25) is 0 Å². The number of methoxy groups -OCH3 is 1. The number of nitrogens with two attached hydrogens (primary N) is 1. The van der Waals surface area contributed by atoms with Gasteiger partial charge in [0, 0.05) is 24.5 Å². The molecule has 0 unspecified atom stereocenters. The second-order valence-corrected chi connectivity index (χ2v) is 7.02. The van der Waals surface area contributed by atoms with E-state index in [1.807, 2.05) is 4.90 Å². The van der Waals surface area contributed by atoms with E-state index >= 15 is 0 Å². The van der Waals surface area contributed by atoms with Crippen molar-refractivity contribution in [3.8, 4) is 5.75 Å². The van der Waals surface area contributed by atoms with Crippen LogP contribution in [0.5, 0.6) is 5.75 Å². The molecule has 1 aliphatic heterocycles. The first-order valence-electron chi connectivity index (χ1n) is 9.21. The SMILES string of the molecule is COc1ccc(NC(N)=NCc2ccc(N3CCOCC3)cc2C(F)(F)F)cc1Cl.I. The molecule has 0 bridgehead atoms. The second-order valence-electron chi connectivity index (χ2n) is 6.61. The topological polar surface area (TPSA) is 72.1 Å². The van der Waals surface area contributed by atoms with E-state index in [1.165, 1.54) is 13.2 Å². The summed E-state index contributed by atoms with van der Waals surface area (Å²) in [5, 5.41) is 3.18. The van der Waals surface area contributed by atoms with Gasteiger partial charge in [-0.15, -0.1) is 24.0 Å². The van der Waals surface area contributed by atoms with Crippen LogP contribution in [-0.4, -0.2) is 39.4 Å². The lowest BCUT2D eigenvalue weighted by atomic mass is 10.1. The van der Waals surface area contributed by atoms with Crippen LogP contribution in [0.15, 0.2) is 41.4 Å². The largest absolute Gasteiger partial charge is 0.495 e. The van der Waals surface area contributed by atoms with Crippen LogP contribution in [0.3, 0.4) is 0 Å². The zero-order valence-corrected chi connectivity index (χ0v) is 19.8. The molecule has 0 aliphatic carbocycles. The van der Waals surface area contributed by atoms with Crippen LogP contribution in [-0.2, 0) is 17.5 Å². The van der Waals surface area contributed by atoms with E-state index in [4.69, 9.17) is 26.8 Å². The Bertz CT molecular complexity index is 922. The first kappa shape index (κ1) is 25.3. The van der Waals surface area contributed by atoms with E-state index in [0.717, 1.165) is 6.07 Å². The van der Waals surface area contributed by atoms with Crippen molar-refractivity contribution in [1.29, 1.82) is 0 Å². The molecule has 1 saturated heterocycles. The number of morpholine rings is 1. The standard InChI is InChI=1S/C20H22ClF3N4O2.HI/c1-29-18-5-3-14(10-17(18)21)27-19(25)26-12-13-2-4-15(11-16(13)20(22,23)24)28-6-8-30-9-7-28;/h2-5,10-11H,6-9,12H2,1H3,(H3,25,26,27);1H. The van der Waals surface area contributed by atoms with Crippen LogP contribution < -0.4 is 20.7 Å². The number of anilines is 2. The second kappa shape index (κ2) is 11.1. The molecule has 31 heavy (non-hydrogen) atoms. The molecule has 0 atom stereocenters. The molecular formula is C20H23ClF3IN4O2. The van der Waals surface area contributed by atoms with Gasteiger partial charge in [-0.2, -0.15) is 13.2 Å². The van der Waals surface area contributed by atoms with E-state index in [1.54, 1.807) is 24.3 Å². The number of hydrogen-bond acceptors (Lipinski definition) is 4. The molecule has 6 nitrogen and oxygen atoms in total. The number of nitrogens with one attached hydrogen (secondary N) is 1. The highest BCUT2D eigenvalue weighted by Gasteiger charge is 2.34. The number of nitrogens with zero attached hydrogens (tertiary/aromatic N) is 2. The van der Waals surface area contributed by atoms with Crippen molar-refractivity contribution in [2.24, 2.45) is 10.7 Å². The van der Waals surface area contributed by atoms with Gasteiger partial charge in [0.1, 0.15) is 5.75 Å². The third-order valence-corrected chi connectivity index (χ3v) is 4.91. The van der Waals surface area contributed by atoms with Gasteiger partial charge in [-0.05, 0) is 35.9 Å². The highest BCUT2D eigenvalue weighted by Crippen LogP contribution is 2.35. The summed E-state index contributed by atoms with van der Waals surface area (Å²) in [6.07, 6.45) is -4.50. The molecule has 3 N–H and O–H groups in total. The smallest absolute Gasteiger partial charge is 0.416 e. The van der Waals surface area contributed by atoms with E-state index < -0.39 is 11.7 Å². The average Bonchev–Trinajstić information content (AvgIpc) is 2.72. The predicted molar refractivity (Wildman–Crippen MR) is 127 cm³/mol. The summed E-state index contributed by atoms with van der Waals surface area (Å²) in [5.74, 6) is 0.467. The highest BCUT2D eigenvalue weighted by molar-refractivity contribution is 14.0. The van der Waals surface area contributed by atoms with Gasteiger partial charge in [-0.25, -0.2) is 4.99 Å². The summed E-state index contributed by atoms with van der Waals surface area (Å²) in [6.45, 7) is 1.86. The Kier molecular flexibility index (Phi) is 9.07. The van der Waals surface area contributed by atoms with Crippen LogP contribution in [0, 0.1) is 0 Å². The quantitative estimate of drug-likeness (QED) is 0.309. The molecule has 170 valence electrons. The third-order valence-electron chi connectivity index (χ3n) is 4.62. The summed E-state index contributed by atoms with van der Waals surface area (Å²) in [5.41, 5.74) is 6.21. The number of aliphatic imine (C=N–C) groups is 1. The number of hydrogen-bond donors (Lipinski definition) is 2. The zero-order valence-electron chi connectivity index (χ0n) is 16.7. The molecular weight excluding hydrogens is 548 g/mol. The Hall–Kier alpha value is -1.92. The summed E-state index contributed by atoms with van der Waals surface area (Å²) in [7, 11) is 1.49. The number of rotatable bonds is 5. The molecule has 3 rings (SSSR count). The van der Waals surface area contributed by atoms with E-state index in [0.29, 0.717) is 48.5 Å². The average molecular weight is 571 g/mol. The maximum atomic E-state index is 13.6. The molecule has 1 aliphatic rings. The minimum Gasteiger partial charge on any atom is -0.495 e. The highest BCUT2D eigenvalue weighted by atomic mass is 127. The van der Waals surface area contributed by atoms with E-state index in [2.05, 4.69) is 10.3 Å². The summed E-state index contributed by atoms with van der Waals surface area (Å²) < 4.78 is 51.2. The van der Waals surface area contributed by atoms with Gasteiger partial charge in [0.05, 0.1) is 37.5 Å². The van der Waals surface area contributed by atoms with Crippen molar-refractivity contribution in [3.05, 3.63) is 52.5 Å². The predicted octanol–water partition coefficient (Wildman–Crippen LogP) is 4.75. The van der Waals surface area contributed by atoms with Crippen molar-refractivity contribution in [1.82, 2.24) is 0 Å². The Morgan fingerprint density at radius 2 is 1.94 bits per heavy atom. The molecule has 0 saturated carbocycles. The molecule has 0 aromatic heterocycles. The van der Waals surface area contributed by atoms with Gasteiger partial charge < -0.3 is 25.4 Å². The fraction of sp³-hybridized carbons (Fsp3) is 0.350. The van der Waals surface area contributed by atoms with Crippen molar-refractivity contribution in [3.63, 3.8) is 0 Å². The fourth-order valence-corrected chi connectivity index (χ4v) is 3.34. The minimum atomic E-state index is -4.50. The molecule has 0 spiro atoms. The van der Waals surface area contributed by atoms with E-state index in [9.17, 15) is 13.2 Å². The lowest BCUT2D eigenvalue weighted by Gasteiger charge is -2.29. The Labute approximate surface area is 200 Å². The van der Waals surface area contributed by atoms with Gasteiger partial charge >= 0.3 is 6.18 Å². The number of guanidine groups is 1. The van der Waals surface area contributed by atoms with Gasteiger partial charge in [0.15, 0.2) is 5.96 Å². The number of ether oxygens (including phenoxy) is 2. The Morgan fingerprint density at radius 3 is 2.55 bits per heavy atom. The molecule has 1 fully saturated rings. The van der Waals surface area contributed by atoms with Crippen molar-refractivity contribution in [2.45, 2.75) is 12.7 Å². The lowest BCUT2D eigenvalue weighted by molar-refractivity contribution is -0.138. The van der Waals surface area contributed by atoms with E-state index in [-0.39, 0.29) is 42.0 Å². The fourth-order valence-electron chi connectivity index (χ4n) is 3.09. The van der Waals surface area contributed by atoms with Gasteiger partial charge in [0.25, 0.3) is 0 Å². The summed E-state index contributed by atoms with van der Waals surface area (Å²) in [4.78, 5) is 5.92. The maximum Gasteiger partial charge on any atom is 0.416 e. The first-order chi connectivity index (χ1) is 14.3. The van der Waals surface area contributed by atoms with Crippen molar-refractivity contribution in [2.75, 3.05) is 43.6 Å². The number of halogens is 5. The molecule has 0 radical (unpaired) electrons. The number of benzene rings is 2. The lowest BCUT2D eigenvalue weighted by Crippen LogP contribution is -2.36. The van der Waals surface area contributed by atoms with Gasteiger partial charge in [-0.1, -0.05) is 17.7 Å². The Morgan fingerprint density at radius 1 is 1.23 bits per heavy atom. The molecule has 1 heterocycles. The molecule has 11 heteroatoms. The van der Waals surface area contributed by atoms with Crippen molar-refractivity contribution < 1.29 is 22.6 Å². The number of alkyl halides is 3. The van der Waals surface area contributed by atoms with Crippen molar-refractivity contribution >= 4 is 52.9 Å². The maximum absolute atomic E-state index is 13.6. The van der Waals surface area contributed by atoms with Gasteiger partial charge in [0.2, 0.25) is 0 Å². The molecule has 2 aromatic carbocycles. The van der Waals surface area contributed by atoms with Crippen LogP contribution in [0.2, 0.25) is 5.02 Å². The normalized spacial score (nSPS) is 14.7. The first-order valence-corrected chi connectivity index (χ1v) is 9.59. The molecule has 0 amide bonds. The monoisotopic (exact) mass is 570 g/mol. The summed E-state index contributed by atoms with van der Waals surface area (Å²) in [6, 6.07) is 9.16. The third kappa shape index (κ3) is 6.78. The van der Waals surface area contributed by atoms with Crippen LogP contribution in [0.4, 0.5) is 24.5 Å². The zero-order chi connectivity index (χ0) is 21.7. The minimum absolute atomic E-state index is 0. The Balaban J connectivity index is 0.00000341.